The van der Waals surface area contributed by atoms with Crippen molar-refractivity contribution in [3.63, 3.8) is 0 Å². The number of aliphatic imine (C=N–C) groups is 1. The van der Waals surface area contributed by atoms with Crippen LogP contribution in [0, 0.1) is 17.8 Å². The number of hydrogen-bond acceptors (Lipinski definition) is 4. The van der Waals surface area contributed by atoms with Crippen LogP contribution in [0.25, 0.3) is 0 Å². The molecule has 0 radical (unpaired) electrons. The van der Waals surface area contributed by atoms with Crippen LogP contribution in [0.3, 0.4) is 0 Å². The first-order chi connectivity index (χ1) is 12.4. The van der Waals surface area contributed by atoms with Gasteiger partial charge in [0.25, 0.3) is 0 Å². The first-order valence-corrected chi connectivity index (χ1v) is 10.4. The van der Waals surface area contributed by atoms with E-state index in [-0.39, 0.29) is 17.0 Å². The van der Waals surface area contributed by atoms with E-state index in [4.69, 9.17) is 4.99 Å². The molecule has 2 fully saturated rings. The summed E-state index contributed by atoms with van der Waals surface area (Å²) >= 11 is 3.82. The zero-order valence-electron chi connectivity index (χ0n) is 15.4. The monoisotopic (exact) mass is 377 g/mol. The van der Waals surface area contributed by atoms with Crippen molar-refractivity contribution in [3.05, 3.63) is 24.8 Å². The molecule has 0 aromatic carbocycles. The van der Waals surface area contributed by atoms with Gasteiger partial charge >= 0.3 is 0 Å². The van der Waals surface area contributed by atoms with Gasteiger partial charge in [-0.1, -0.05) is 31.1 Å². The molecule has 1 aliphatic heterocycles. The van der Waals surface area contributed by atoms with Crippen molar-refractivity contribution in [2.24, 2.45) is 22.7 Å². The Labute approximate surface area is 161 Å². The zero-order valence-corrected chi connectivity index (χ0v) is 16.3. The van der Waals surface area contributed by atoms with E-state index in [0.29, 0.717) is 18.8 Å². The molecule has 5 unspecified atom stereocenters. The van der Waals surface area contributed by atoms with Gasteiger partial charge < -0.3 is 10.2 Å². The molecule has 26 heavy (non-hydrogen) atoms. The van der Waals surface area contributed by atoms with E-state index in [1.165, 1.54) is 12.8 Å². The molecular formula is C21H31NO3S. The average Bonchev–Trinajstić information content (AvgIpc) is 3.28. The third kappa shape index (κ3) is 4.15. The molecule has 2 saturated carbocycles. The van der Waals surface area contributed by atoms with Crippen LogP contribution < -0.4 is 0 Å². The highest BCUT2D eigenvalue weighted by Gasteiger charge is 2.53. The summed E-state index contributed by atoms with van der Waals surface area (Å²) in [5, 5.41) is 20.9. The average molecular weight is 378 g/mol. The molecule has 0 aromatic heterocycles. The Kier molecular flexibility index (Phi) is 6.41. The Morgan fingerprint density at radius 3 is 2.81 bits per heavy atom. The highest BCUT2D eigenvalue weighted by atomic mass is 32.1. The van der Waals surface area contributed by atoms with Crippen molar-refractivity contribution in [2.75, 3.05) is 0 Å². The lowest BCUT2D eigenvalue weighted by Crippen LogP contribution is -2.26. The van der Waals surface area contributed by atoms with Crippen LogP contribution in [0.5, 0.6) is 0 Å². The molecule has 0 aromatic rings. The van der Waals surface area contributed by atoms with Gasteiger partial charge in [0.1, 0.15) is 0 Å². The molecule has 2 aliphatic carbocycles. The molecule has 0 saturated heterocycles. The number of fused-ring (bicyclic) bond motifs is 1. The first-order valence-electron chi connectivity index (χ1n) is 9.92. The van der Waals surface area contributed by atoms with Crippen molar-refractivity contribution in [1.29, 1.82) is 0 Å². The van der Waals surface area contributed by atoms with Gasteiger partial charge in [0.15, 0.2) is 5.12 Å². The predicted octanol–water partition coefficient (Wildman–Crippen LogP) is 3.49. The summed E-state index contributed by atoms with van der Waals surface area (Å²) in [4.78, 5) is 15.9. The van der Waals surface area contributed by atoms with Crippen LogP contribution in [0.2, 0.25) is 0 Å². The number of rotatable bonds is 8. The molecule has 0 spiro atoms. The van der Waals surface area contributed by atoms with Crippen LogP contribution >= 0.6 is 12.6 Å². The maximum absolute atomic E-state index is 11.0. The predicted molar refractivity (Wildman–Crippen MR) is 108 cm³/mol. The standard InChI is InChI=1S/C21H31NO3S/c1-2-21-13-19(24)16(10-11-18(23)14-6-3-4-7-14)17(21)12-15(22-21)8-5-9-20(25)26/h2,10-11,14,16-19,23-24H,1,3-9,12-13H2,(H,25,26). The van der Waals surface area contributed by atoms with Crippen molar-refractivity contribution in [3.8, 4) is 0 Å². The van der Waals surface area contributed by atoms with Gasteiger partial charge in [-0.2, -0.15) is 0 Å². The van der Waals surface area contributed by atoms with Gasteiger partial charge in [-0.15, -0.1) is 19.2 Å². The molecule has 3 aliphatic rings. The normalized spacial score (nSPS) is 35.7. The first kappa shape index (κ1) is 19.8. The fourth-order valence-electron chi connectivity index (χ4n) is 5.10. The van der Waals surface area contributed by atoms with Gasteiger partial charge in [0.05, 0.1) is 17.7 Å². The third-order valence-corrected chi connectivity index (χ3v) is 6.76. The Morgan fingerprint density at radius 1 is 1.42 bits per heavy atom. The van der Waals surface area contributed by atoms with E-state index in [2.05, 4.69) is 19.2 Å². The number of carbonyl (C=O) groups excluding carboxylic acids is 1. The number of hydrogen-bond donors (Lipinski definition) is 3. The van der Waals surface area contributed by atoms with Crippen molar-refractivity contribution in [1.82, 2.24) is 0 Å². The summed E-state index contributed by atoms with van der Waals surface area (Å²) in [6.07, 6.45) is 13.0. The summed E-state index contributed by atoms with van der Waals surface area (Å²) in [5.41, 5.74) is 0.721. The lowest BCUT2D eigenvalue weighted by Gasteiger charge is -2.24. The van der Waals surface area contributed by atoms with Crippen LogP contribution in [0.1, 0.15) is 57.8 Å². The molecule has 1 heterocycles. The molecule has 0 amide bonds. The number of nitrogens with zero attached hydrogens (tertiary/aromatic N) is 1. The minimum absolute atomic E-state index is 0.00295. The van der Waals surface area contributed by atoms with Crippen LogP contribution in [0.15, 0.2) is 29.8 Å². The second-order valence-electron chi connectivity index (χ2n) is 8.20. The molecule has 4 nitrogen and oxygen atoms in total. The maximum atomic E-state index is 11.0. The quantitative estimate of drug-likeness (QED) is 0.448. The van der Waals surface area contributed by atoms with Gasteiger partial charge in [-0.05, 0) is 38.0 Å². The topological polar surface area (TPSA) is 69.9 Å². The number of thiol groups is 1. The lowest BCUT2D eigenvalue weighted by atomic mass is 9.82. The third-order valence-electron chi connectivity index (χ3n) is 6.53. The summed E-state index contributed by atoms with van der Waals surface area (Å²) in [7, 11) is 0. The minimum atomic E-state index is -0.450. The van der Waals surface area contributed by atoms with E-state index in [0.717, 1.165) is 37.8 Å². The summed E-state index contributed by atoms with van der Waals surface area (Å²) in [6.45, 7) is 3.99. The fraction of sp³-hybridized carbons (Fsp3) is 0.714. The molecule has 3 rings (SSSR count). The molecule has 5 atom stereocenters. The molecule has 5 heteroatoms. The Balaban J connectivity index is 1.66. The molecule has 2 N–H and O–H groups in total. The van der Waals surface area contributed by atoms with Gasteiger partial charge in [0.2, 0.25) is 0 Å². The highest BCUT2D eigenvalue weighted by Crippen LogP contribution is 2.51. The van der Waals surface area contributed by atoms with E-state index in [9.17, 15) is 15.0 Å². The second kappa shape index (κ2) is 8.41. The number of carbonyl (C=O) groups is 1. The smallest absolute Gasteiger partial charge is 0.185 e. The minimum Gasteiger partial charge on any atom is -0.392 e. The maximum Gasteiger partial charge on any atom is 0.185 e. The number of aliphatic hydroxyl groups is 2. The number of aliphatic hydroxyl groups excluding tert-OH is 2. The highest BCUT2D eigenvalue weighted by molar-refractivity contribution is 7.96. The zero-order chi connectivity index (χ0) is 18.7. The molecular weight excluding hydrogens is 346 g/mol. The van der Waals surface area contributed by atoms with Gasteiger partial charge in [0, 0.05) is 30.4 Å². The summed E-state index contributed by atoms with van der Waals surface area (Å²) in [6, 6.07) is 0. The van der Waals surface area contributed by atoms with Crippen molar-refractivity contribution in [2.45, 2.75) is 75.5 Å². The Morgan fingerprint density at radius 2 is 2.15 bits per heavy atom. The van der Waals surface area contributed by atoms with Gasteiger partial charge in [-0.3, -0.25) is 9.79 Å². The van der Waals surface area contributed by atoms with E-state index in [1.54, 1.807) is 0 Å². The van der Waals surface area contributed by atoms with Crippen molar-refractivity contribution >= 4 is 23.5 Å². The SMILES string of the molecule is C=CC12CC(O)C(C=CC(O)C3CCCC3)C1CC(CCCC(=O)S)=N2. The fourth-order valence-corrected chi connectivity index (χ4v) is 5.26. The Bertz CT molecular complexity index is 596. The second-order valence-corrected chi connectivity index (χ2v) is 8.70. The summed E-state index contributed by atoms with van der Waals surface area (Å²) < 4.78 is 0. The van der Waals surface area contributed by atoms with E-state index in [1.807, 2.05) is 18.2 Å². The summed E-state index contributed by atoms with van der Waals surface area (Å²) in [5.74, 6) is 0.559. The molecule has 144 valence electrons. The van der Waals surface area contributed by atoms with Gasteiger partial charge in [-0.25, -0.2) is 0 Å². The van der Waals surface area contributed by atoms with Crippen LogP contribution in [-0.2, 0) is 4.79 Å². The van der Waals surface area contributed by atoms with Crippen LogP contribution in [-0.4, -0.2) is 38.8 Å². The van der Waals surface area contributed by atoms with Crippen LogP contribution in [0.4, 0.5) is 0 Å². The lowest BCUT2D eigenvalue weighted by molar-refractivity contribution is -0.110. The largest absolute Gasteiger partial charge is 0.392 e. The molecule has 0 bridgehead atoms. The van der Waals surface area contributed by atoms with E-state index < -0.39 is 17.7 Å². The van der Waals surface area contributed by atoms with Crippen molar-refractivity contribution < 1.29 is 15.0 Å². The van der Waals surface area contributed by atoms with E-state index >= 15 is 0 Å². The Hall–Kier alpha value is -0.910.